The minimum Gasteiger partial charge on any atom is -0.478 e. The van der Waals surface area contributed by atoms with Crippen molar-refractivity contribution in [2.75, 3.05) is 13.6 Å². The molecule has 0 aliphatic heterocycles. The second-order valence-corrected chi connectivity index (χ2v) is 5.94. The Morgan fingerprint density at radius 2 is 1.58 bits per heavy atom. The number of benzene rings is 2. The third kappa shape index (κ3) is 5.54. The highest BCUT2D eigenvalue weighted by Crippen LogP contribution is 2.08. The molecule has 2 aromatic carbocycles. The summed E-state index contributed by atoms with van der Waals surface area (Å²) in [6.07, 6.45) is 3.35. The van der Waals surface area contributed by atoms with Gasteiger partial charge in [0.15, 0.2) is 0 Å². The molecule has 0 saturated heterocycles. The molecule has 1 N–H and O–H groups in total. The SMILES string of the molecule is CN(CCCCc1ccccc1)C(=O)Cc1ccc(C(=O)O)cc1. The summed E-state index contributed by atoms with van der Waals surface area (Å²) < 4.78 is 0. The largest absolute Gasteiger partial charge is 0.478 e. The molecule has 126 valence electrons. The van der Waals surface area contributed by atoms with Crippen LogP contribution in [0.3, 0.4) is 0 Å². The quantitative estimate of drug-likeness (QED) is 0.757. The second-order valence-electron chi connectivity index (χ2n) is 5.94. The maximum atomic E-state index is 12.2. The van der Waals surface area contributed by atoms with E-state index in [0.717, 1.165) is 31.4 Å². The van der Waals surface area contributed by atoms with Gasteiger partial charge in [0.1, 0.15) is 0 Å². The molecule has 0 aliphatic rings. The van der Waals surface area contributed by atoms with Gasteiger partial charge in [-0.3, -0.25) is 4.79 Å². The molecule has 0 aliphatic carbocycles. The van der Waals surface area contributed by atoms with Crippen LogP contribution in [0.25, 0.3) is 0 Å². The number of likely N-dealkylation sites (N-methyl/N-ethyl adjacent to an activating group) is 1. The normalized spacial score (nSPS) is 10.4. The smallest absolute Gasteiger partial charge is 0.335 e. The zero-order valence-corrected chi connectivity index (χ0v) is 13.9. The van der Waals surface area contributed by atoms with Gasteiger partial charge < -0.3 is 10.0 Å². The molecule has 0 atom stereocenters. The summed E-state index contributed by atoms with van der Waals surface area (Å²) in [5, 5.41) is 8.87. The number of amides is 1. The number of aryl methyl sites for hydroxylation is 1. The fraction of sp³-hybridized carbons (Fsp3) is 0.300. The Morgan fingerprint density at radius 1 is 0.917 bits per heavy atom. The summed E-state index contributed by atoms with van der Waals surface area (Å²) >= 11 is 0. The van der Waals surface area contributed by atoms with Gasteiger partial charge in [0.05, 0.1) is 12.0 Å². The Hall–Kier alpha value is -2.62. The summed E-state index contributed by atoms with van der Waals surface area (Å²) in [5.41, 5.74) is 2.40. The summed E-state index contributed by atoms with van der Waals surface area (Å²) in [7, 11) is 1.82. The summed E-state index contributed by atoms with van der Waals surface area (Å²) in [6.45, 7) is 0.735. The van der Waals surface area contributed by atoms with Crippen LogP contribution in [0.5, 0.6) is 0 Å². The van der Waals surface area contributed by atoms with Crippen molar-refractivity contribution in [1.82, 2.24) is 4.90 Å². The summed E-state index contributed by atoms with van der Waals surface area (Å²) in [4.78, 5) is 24.8. The van der Waals surface area contributed by atoms with Crippen molar-refractivity contribution in [1.29, 1.82) is 0 Å². The molecule has 0 saturated carbocycles. The zero-order valence-electron chi connectivity index (χ0n) is 13.9. The molecule has 0 unspecified atom stereocenters. The van der Waals surface area contributed by atoms with Crippen LogP contribution in [0.2, 0.25) is 0 Å². The highest BCUT2D eigenvalue weighted by atomic mass is 16.4. The van der Waals surface area contributed by atoms with Gasteiger partial charge in [-0.1, -0.05) is 42.5 Å². The van der Waals surface area contributed by atoms with Crippen LogP contribution in [-0.2, 0) is 17.6 Å². The number of hydrogen-bond donors (Lipinski definition) is 1. The molecule has 0 fully saturated rings. The Kier molecular flexibility index (Phi) is 6.55. The van der Waals surface area contributed by atoms with Gasteiger partial charge in [-0.2, -0.15) is 0 Å². The number of unbranched alkanes of at least 4 members (excludes halogenated alkanes) is 1. The molecule has 4 nitrogen and oxygen atoms in total. The Morgan fingerprint density at radius 3 is 2.21 bits per heavy atom. The number of hydrogen-bond acceptors (Lipinski definition) is 2. The lowest BCUT2D eigenvalue weighted by Crippen LogP contribution is -2.29. The Bertz CT molecular complexity index is 665. The molecule has 24 heavy (non-hydrogen) atoms. The molecule has 2 aromatic rings. The van der Waals surface area contributed by atoms with E-state index in [2.05, 4.69) is 12.1 Å². The van der Waals surface area contributed by atoms with Crippen molar-refractivity contribution in [2.24, 2.45) is 0 Å². The van der Waals surface area contributed by atoms with Crippen LogP contribution >= 0.6 is 0 Å². The Balaban J connectivity index is 1.72. The first kappa shape index (κ1) is 17.7. The molecular formula is C20H23NO3. The van der Waals surface area contributed by atoms with E-state index in [-0.39, 0.29) is 11.5 Å². The van der Waals surface area contributed by atoms with Crippen molar-refractivity contribution in [3.8, 4) is 0 Å². The number of carboxylic acids is 1. The average molecular weight is 325 g/mol. The predicted molar refractivity (Wildman–Crippen MR) is 94.1 cm³/mol. The van der Waals surface area contributed by atoms with Crippen LogP contribution in [0.1, 0.15) is 34.3 Å². The maximum Gasteiger partial charge on any atom is 0.335 e. The molecule has 0 radical (unpaired) electrons. The lowest BCUT2D eigenvalue weighted by molar-refractivity contribution is -0.129. The van der Waals surface area contributed by atoms with E-state index in [1.807, 2.05) is 25.2 Å². The van der Waals surface area contributed by atoms with Gasteiger partial charge in [-0.15, -0.1) is 0 Å². The average Bonchev–Trinajstić information content (AvgIpc) is 2.60. The molecule has 1 amide bonds. The Labute approximate surface area is 142 Å². The third-order valence-electron chi connectivity index (χ3n) is 4.03. The fourth-order valence-electron chi connectivity index (χ4n) is 2.52. The molecule has 4 heteroatoms. The minimum absolute atomic E-state index is 0.0535. The minimum atomic E-state index is -0.955. The molecule has 2 rings (SSSR count). The van der Waals surface area contributed by atoms with Crippen LogP contribution in [0, 0.1) is 0 Å². The highest BCUT2D eigenvalue weighted by molar-refractivity contribution is 5.87. The van der Waals surface area contributed by atoms with Crippen LogP contribution in [-0.4, -0.2) is 35.5 Å². The van der Waals surface area contributed by atoms with Gasteiger partial charge in [0, 0.05) is 13.6 Å². The second kappa shape index (κ2) is 8.87. The third-order valence-corrected chi connectivity index (χ3v) is 4.03. The highest BCUT2D eigenvalue weighted by Gasteiger charge is 2.10. The first-order valence-electron chi connectivity index (χ1n) is 8.16. The maximum absolute atomic E-state index is 12.2. The molecule has 0 heterocycles. The monoisotopic (exact) mass is 325 g/mol. The lowest BCUT2D eigenvalue weighted by atomic mass is 10.1. The van der Waals surface area contributed by atoms with Crippen molar-refractivity contribution in [3.63, 3.8) is 0 Å². The van der Waals surface area contributed by atoms with Crippen LogP contribution in [0.4, 0.5) is 0 Å². The van der Waals surface area contributed by atoms with Gasteiger partial charge in [0.25, 0.3) is 0 Å². The number of rotatable bonds is 8. The topological polar surface area (TPSA) is 57.6 Å². The fourth-order valence-corrected chi connectivity index (χ4v) is 2.52. The van der Waals surface area contributed by atoms with Gasteiger partial charge in [-0.05, 0) is 42.5 Å². The standard InChI is InChI=1S/C20H23NO3/c1-21(14-6-5-9-16-7-3-2-4-8-16)19(22)15-17-10-12-18(13-11-17)20(23)24/h2-4,7-8,10-13H,5-6,9,14-15H2,1H3,(H,23,24). The lowest BCUT2D eigenvalue weighted by Gasteiger charge is -2.17. The molecule has 0 aromatic heterocycles. The first-order valence-corrected chi connectivity index (χ1v) is 8.16. The molecule has 0 spiro atoms. The van der Waals surface area contributed by atoms with Crippen LogP contribution in [0.15, 0.2) is 54.6 Å². The van der Waals surface area contributed by atoms with Crippen molar-refractivity contribution in [3.05, 3.63) is 71.3 Å². The summed E-state index contributed by atoms with van der Waals surface area (Å²) in [6, 6.07) is 16.8. The van der Waals surface area contributed by atoms with Crippen molar-refractivity contribution < 1.29 is 14.7 Å². The number of aromatic carboxylic acids is 1. The number of nitrogens with zero attached hydrogens (tertiary/aromatic N) is 1. The van der Waals surface area contributed by atoms with E-state index in [4.69, 9.17) is 5.11 Å². The van der Waals surface area contributed by atoms with Gasteiger partial charge in [0.2, 0.25) is 5.91 Å². The number of carbonyl (C=O) groups is 2. The zero-order chi connectivity index (χ0) is 17.4. The van der Waals surface area contributed by atoms with E-state index in [1.165, 1.54) is 17.7 Å². The number of carboxylic acid groups (broad SMARTS) is 1. The van der Waals surface area contributed by atoms with Crippen LogP contribution < -0.4 is 0 Å². The van der Waals surface area contributed by atoms with E-state index >= 15 is 0 Å². The van der Waals surface area contributed by atoms with Gasteiger partial charge >= 0.3 is 5.97 Å². The summed E-state index contributed by atoms with van der Waals surface area (Å²) in [5.74, 6) is -0.902. The van der Waals surface area contributed by atoms with E-state index in [0.29, 0.717) is 6.42 Å². The van der Waals surface area contributed by atoms with Crippen molar-refractivity contribution in [2.45, 2.75) is 25.7 Å². The van der Waals surface area contributed by atoms with Crippen molar-refractivity contribution >= 4 is 11.9 Å². The number of carbonyl (C=O) groups excluding carboxylic acids is 1. The first-order chi connectivity index (χ1) is 11.6. The van der Waals surface area contributed by atoms with E-state index in [9.17, 15) is 9.59 Å². The van der Waals surface area contributed by atoms with E-state index < -0.39 is 5.97 Å². The van der Waals surface area contributed by atoms with Gasteiger partial charge in [-0.25, -0.2) is 4.79 Å². The molecule has 0 bridgehead atoms. The molecular weight excluding hydrogens is 302 g/mol. The predicted octanol–water partition coefficient (Wildman–Crippen LogP) is 3.41. The van der Waals surface area contributed by atoms with E-state index in [1.54, 1.807) is 17.0 Å².